The van der Waals surface area contributed by atoms with Crippen LogP contribution in [0.25, 0.3) is 0 Å². The summed E-state index contributed by atoms with van der Waals surface area (Å²) in [6, 6.07) is 4.70. The van der Waals surface area contributed by atoms with Crippen molar-refractivity contribution >= 4 is 42.1 Å². The molecule has 1 atom stereocenters. The van der Waals surface area contributed by atoms with Gasteiger partial charge in [0.05, 0.1) is 11.4 Å². The second-order valence-electron chi connectivity index (χ2n) is 6.85. The van der Waals surface area contributed by atoms with Crippen LogP contribution in [0.4, 0.5) is 15.8 Å². The number of carbonyl (C=O) groups excluding carboxylic acids is 1. The van der Waals surface area contributed by atoms with Crippen molar-refractivity contribution in [1.82, 2.24) is 5.32 Å². The molecule has 2 fully saturated rings. The third kappa shape index (κ3) is 4.52. The summed E-state index contributed by atoms with van der Waals surface area (Å²) >= 11 is 0. The van der Waals surface area contributed by atoms with Crippen molar-refractivity contribution < 1.29 is 9.18 Å². The Hall–Kier alpha value is -1.04. The lowest BCUT2D eigenvalue weighted by molar-refractivity contribution is -0.118. The second kappa shape index (κ2) is 8.37. The maximum atomic E-state index is 13.5. The molecule has 1 spiro atoms. The summed E-state index contributed by atoms with van der Waals surface area (Å²) in [7, 11) is 0. The van der Waals surface area contributed by atoms with Crippen molar-refractivity contribution in [2.45, 2.75) is 39.2 Å². The van der Waals surface area contributed by atoms with Crippen LogP contribution in [-0.2, 0) is 4.79 Å². The van der Waals surface area contributed by atoms with Crippen molar-refractivity contribution in [3.05, 3.63) is 24.0 Å². The Bertz CT molecular complexity index is 577. The first-order chi connectivity index (χ1) is 10.5. The number of amides is 1. The van der Waals surface area contributed by atoms with Crippen molar-refractivity contribution in [2.24, 2.45) is 11.3 Å². The Balaban J connectivity index is 0.00000144. The van der Waals surface area contributed by atoms with E-state index in [4.69, 9.17) is 0 Å². The molecular weight excluding hydrogens is 352 g/mol. The number of piperidine rings is 1. The van der Waals surface area contributed by atoms with Gasteiger partial charge in [0.15, 0.2) is 0 Å². The maximum Gasteiger partial charge on any atom is 0.228 e. The van der Waals surface area contributed by atoms with Crippen LogP contribution in [-0.4, -0.2) is 25.0 Å². The summed E-state index contributed by atoms with van der Waals surface area (Å²) < 4.78 is 13.5. The number of hydrogen-bond acceptors (Lipinski definition) is 3. The summed E-state index contributed by atoms with van der Waals surface area (Å²) in [4.78, 5) is 12.5. The number of benzene rings is 1. The van der Waals surface area contributed by atoms with Gasteiger partial charge in [0, 0.05) is 12.0 Å². The fraction of sp³-hybridized carbons (Fsp3) is 0.588. The van der Waals surface area contributed by atoms with E-state index in [0.717, 1.165) is 38.0 Å². The molecular formula is C17H26Cl2FN3O. The van der Waals surface area contributed by atoms with E-state index in [9.17, 15) is 9.18 Å². The molecule has 3 N–H and O–H groups in total. The molecule has 1 aliphatic heterocycles. The van der Waals surface area contributed by atoms with Gasteiger partial charge in [-0.3, -0.25) is 4.79 Å². The minimum Gasteiger partial charge on any atom is -0.381 e. The number of carbonyl (C=O) groups is 1. The van der Waals surface area contributed by atoms with Gasteiger partial charge in [-0.05, 0) is 69.8 Å². The fourth-order valence-corrected chi connectivity index (χ4v) is 3.47. The monoisotopic (exact) mass is 377 g/mol. The van der Waals surface area contributed by atoms with Crippen LogP contribution in [0.5, 0.6) is 0 Å². The van der Waals surface area contributed by atoms with Gasteiger partial charge in [0.1, 0.15) is 5.82 Å². The molecule has 4 nitrogen and oxygen atoms in total. The van der Waals surface area contributed by atoms with Crippen LogP contribution in [0.1, 0.15) is 33.1 Å². The molecule has 1 aromatic carbocycles. The molecule has 7 heteroatoms. The highest BCUT2D eigenvalue weighted by atomic mass is 35.5. The lowest BCUT2D eigenvalue weighted by Crippen LogP contribution is -2.31. The van der Waals surface area contributed by atoms with E-state index < -0.39 is 0 Å². The minimum atomic E-state index is -0.336. The van der Waals surface area contributed by atoms with E-state index in [2.05, 4.69) is 16.0 Å². The summed E-state index contributed by atoms with van der Waals surface area (Å²) in [6.45, 7) is 6.01. The molecule has 1 aliphatic carbocycles. The Morgan fingerprint density at radius 1 is 1.25 bits per heavy atom. The minimum absolute atomic E-state index is 0. The van der Waals surface area contributed by atoms with E-state index in [1.54, 1.807) is 6.07 Å². The predicted molar refractivity (Wildman–Crippen MR) is 101 cm³/mol. The summed E-state index contributed by atoms with van der Waals surface area (Å²) in [5.41, 5.74) is 1.49. The normalized spacial score (nSPS) is 20.8. The number of halogens is 3. The van der Waals surface area contributed by atoms with Gasteiger partial charge in [-0.15, -0.1) is 24.8 Å². The van der Waals surface area contributed by atoms with Crippen LogP contribution >= 0.6 is 24.8 Å². The average Bonchev–Trinajstić information content (AvgIpc) is 3.16. The predicted octanol–water partition coefficient (Wildman–Crippen LogP) is 3.82. The van der Waals surface area contributed by atoms with Crippen molar-refractivity contribution in [1.29, 1.82) is 0 Å². The number of rotatable bonds is 4. The SMILES string of the molecule is CC(C)Nc1ccc(F)cc1NC(=O)C1CC12CCNCC2.Cl.Cl. The molecule has 1 amide bonds. The fourth-order valence-electron chi connectivity index (χ4n) is 3.47. The van der Waals surface area contributed by atoms with E-state index in [-0.39, 0.29) is 53.9 Å². The highest BCUT2D eigenvalue weighted by Gasteiger charge is 2.57. The van der Waals surface area contributed by atoms with Gasteiger partial charge < -0.3 is 16.0 Å². The largest absolute Gasteiger partial charge is 0.381 e. The van der Waals surface area contributed by atoms with Crippen molar-refractivity contribution in [3.63, 3.8) is 0 Å². The first-order valence-corrected chi connectivity index (χ1v) is 8.08. The van der Waals surface area contributed by atoms with Gasteiger partial charge in [-0.2, -0.15) is 0 Å². The molecule has 1 saturated heterocycles. The number of anilines is 2. The molecule has 2 aliphatic rings. The zero-order valence-electron chi connectivity index (χ0n) is 14.0. The molecule has 1 saturated carbocycles. The Morgan fingerprint density at radius 3 is 2.54 bits per heavy atom. The highest BCUT2D eigenvalue weighted by molar-refractivity contribution is 5.97. The number of nitrogens with one attached hydrogen (secondary N) is 3. The van der Waals surface area contributed by atoms with Crippen LogP contribution < -0.4 is 16.0 Å². The Kier molecular flexibility index (Phi) is 7.32. The molecule has 136 valence electrons. The zero-order valence-corrected chi connectivity index (χ0v) is 15.7. The summed E-state index contributed by atoms with van der Waals surface area (Å²) in [5.74, 6) is -0.235. The van der Waals surface area contributed by atoms with Crippen molar-refractivity contribution in [3.8, 4) is 0 Å². The standard InChI is InChI=1S/C17H24FN3O.2ClH/c1-11(2)20-14-4-3-12(18)9-15(14)21-16(22)13-10-17(13)5-7-19-8-6-17;;/h3-4,9,11,13,19-20H,5-8,10H2,1-2H3,(H,21,22);2*1H. The quantitative estimate of drug-likeness (QED) is 0.747. The lowest BCUT2D eigenvalue weighted by Gasteiger charge is -2.23. The molecule has 0 aromatic heterocycles. The maximum absolute atomic E-state index is 13.5. The van der Waals surface area contributed by atoms with Gasteiger partial charge >= 0.3 is 0 Å². The Morgan fingerprint density at radius 2 is 1.92 bits per heavy atom. The van der Waals surface area contributed by atoms with Gasteiger partial charge in [-0.1, -0.05) is 0 Å². The summed E-state index contributed by atoms with van der Waals surface area (Å²) in [6.07, 6.45) is 3.08. The van der Waals surface area contributed by atoms with Crippen LogP contribution in [0.3, 0.4) is 0 Å². The molecule has 0 bridgehead atoms. The molecule has 1 aromatic rings. The third-order valence-corrected chi connectivity index (χ3v) is 4.79. The lowest BCUT2D eigenvalue weighted by atomic mass is 9.92. The molecule has 0 radical (unpaired) electrons. The van der Waals surface area contributed by atoms with Crippen LogP contribution in [0.15, 0.2) is 18.2 Å². The molecule has 1 heterocycles. The van der Waals surface area contributed by atoms with Gasteiger partial charge in [0.2, 0.25) is 5.91 Å². The molecule has 24 heavy (non-hydrogen) atoms. The zero-order chi connectivity index (χ0) is 15.7. The average molecular weight is 378 g/mol. The number of hydrogen-bond donors (Lipinski definition) is 3. The first kappa shape index (κ1) is 21.0. The van der Waals surface area contributed by atoms with Crippen LogP contribution in [0.2, 0.25) is 0 Å². The van der Waals surface area contributed by atoms with E-state index in [1.807, 2.05) is 13.8 Å². The second-order valence-corrected chi connectivity index (χ2v) is 6.85. The summed E-state index contributed by atoms with van der Waals surface area (Å²) in [5, 5.41) is 9.51. The third-order valence-electron chi connectivity index (χ3n) is 4.79. The molecule has 3 rings (SSSR count). The topological polar surface area (TPSA) is 53.2 Å². The van der Waals surface area contributed by atoms with Gasteiger partial charge in [0.25, 0.3) is 0 Å². The van der Waals surface area contributed by atoms with E-state index in [0.29, 0.717) is 5.69 Å². The molecule has 1 unspecified atom stereocenters. The van der Waals surface area contributed by atoms with Gasteiger partial charge in [-0.25, -0.2) is 4.39 Å². The smallest absolute Gasteiger partial charge is 0.228 e. The van der Waals surface area contributed by atoms with Crippen molar-refractivity contribution in [2.75, 3.05) is 23.7 Å². The van der Waals surface area contributed by atoms with E-state index >= 15 is 0 Å². The van der Waals surface area contributed by atoms with Crippen LogP contribution in [0, 0.1) is 17.2 Å². The Labute approximate surface area is 155 Å². The highest BCUT2D eigenvalue weighted by Crippen LogP contribution is 2.58. The van der Waals surface area contributed by atoms with E-state index in [1.165, 1.54) is 12.1 Å². The first-order valence-electron chi connectivity index (χ1n) is 8.08.